The Kier molecular flexibility index (Phi) is 6.50. The Labute approximate surface area is 167 Å². The Morgan fingerprint density at radius 3 is 2.36 bits per heavy atom. The molecule has 1 aliphatic rings. The van der Waals surface area contributed by atoms with Crippen molar-refractivity contribution in [2.75, 3.05) is 18.4 Å². The fourth-order valence-electron chi connectivity index (χ4n) is 3.81. The first-order chi connectivity index (χ1) is 13.5. The lowest BCUT2D eigenvalue weighted by atomic mass is 9.94. The second-order valence-electron chi connectivity index (χ2n) is 7.77. The summed E-state index contributed by atoms with van der Waals surface area (Å²) in [6.07, 6.45) is 2.76. The van der Waals surface area contributed by atoms with E-state index in [1.54, 1.807) is 0 Å². The second-order valence-corrected chi connectivity index (χ2v) is 7.77. The molecule has 0 saturated carbocycles. The Hall–Kier alpha value is -2.62. The first-order valence-corrected chi connectivity index (χ1v) is 10.2. The number of carbonyl (C=O) groups excluding carboxylic acids is 2. The van der Waals surface area contributed by atoms with Gasteiger partial charge in [-0.3, -0.25) is 9.59 Å². The number of nitrogens with one attached hydrogen (secondary N) is 1. The van der Waals surface area contributed by atoms with E-state index in [4.69, 9.17) is 0 Å². The van der Waals surface area contributed by atoms with E-state index in [0.717, 1.165) is 36.1 Å². The van der Waals surface area contributed by atoms with Crippen molar-refractivity contribution in [3.63, 3.8) is 0 Å². The minimum absolute atomic E-state index is 0.0345. The fraction of sp³-hybridized carbons (Fsp3) is 0.417. The topological polar surface area (TPSA) is 49.4 Å². The summed E-state index contributed by atoms with van der Waals surface area (Å²) in [5, 5.41) is 3.15. The number of benzene rings is 2. The predicted octanol–water partition coefficient (Wildman–Crippen LogP) is 4.29. The smallest absolute Gasteiger partial charge is 0.227 e. The number of rotatable bonds is 5. The van der Waals surface area contributed by atoms with Gasteiger partial charge in [0.1, 0.15) is 0 Å². The summed E-state index contributed by atoms with van der Waals surface area (Å²) in [4.78, 5) is 27.2. The highest BCUT2D eigenvalue weighted by Crippen LogP contribution is 2.25. The lowest BCUT2D eigenvalue weighted by Crippen LogP contribution is -2.42. The highest BCUT2D eigenvalue weighted by Gasteiger charge is 2.27. The Balaban J connectivity index is 1.54. The van der Waals surface area contributed by atoms with Gasteiger partial charge in [-0.1, -0.05) is 55.0 Å². The van der Waals surface area contributed by atoms with Gasteiger partial charge in [-0.25, -0.2) is 0 Å². The summed E-state index contributed by atoms with van der Waals surface area (Å²) in [6.45, 7) is 7.47. The highest BCUT2D eigenvalue weighted by molar-refractivity contribution is 5.94. The molecular weight excluding hydrogens is 348 g/mol. The zero-order valence-electron chi connectivity index (χ0n) is 17.1. The number of piperidine rings is 1. The molecule has 0 aliphatic carbocycles. The van der Waals surface area contributed by atoms with Gasteiger partial charge in [0.05, 0.1) is 6.42 Å². The van der Waals surface area contributed by atoms with E-state index in [2.05, 4.69) is 18.3 Å². The summed E-state index contributed by atoms with van der Waals surface area (Å²) >= 11 is 0. The van der Waals surface area contributed by atoms with Crippen LogP contribution in [-0.4, -0.2) is 29.8 Å². The van der Waals surface area contributed by atoms with Gasteiger partial charge in [-0.2, -0.15) is 0 Å². The lowest BCUT2D eigenvalue weighted by Gasteiger charge is -2.31. The molecule has 0 bridgehead atoms. The van der Waals surface area contributed by atoms with Gasteiger partial charge in [0.2, 0.25) is 11.8 Å². The lowest BCUT2D eigenvalue weighted by molar-refractivity contribution is -0.133. The molecule has 2 aromatic rings. The molecule has 0 aromatic heterocycles. The van der Waals surface area contributed by atoms with E-state index in [9.17, 15) is 9.59 Å². The number of carbonyl (C=O) groups is 2. The number of aryl methyl sites for hydroxylation is 3. The number of amides is 2. The second kappa shape index (κ2) is 9.05. The quantitative estimate of drug-likeness (QED) is 0.844. The standard InChI is InChI=1S/C24H30N2O2/c1-4-20-7-5-6-18(3)23(20)25-24(28)21-12-14-26(15-13-21)22(27)16-19-10-8-17(2)9-11-19/h5-11,21H,4,12-16H2,1-3H3,(H,25,28). The maximum absolute atomic E-state index is 12.8. The maximum atomic E-state index is 12.8. The van der Waals surface area contributed by atoms with Crippen LogP contribution in [0.4, 0.5) is 5.69 Å². The van der Waals surface area contributed by atoms with Crippen molar-refractivity contribution >= 4 is 17.5 Å². The molecule has 1 N–H and O–H groups in total. The predicted molar refractivity (Wildman–Crippen MR) is 113 cm³/mol. The van der Waals surface area contributed by atoms with Crippen LogP contribution in [0.2, 0.25) is 0 Å². The monoisotopic (exact) mass is 378 g/mol. The van der Waals surface area contributed by atoms with Crippen LogP contribution in [0.1, 0.15) is 42.0 Å². The molecule has 0 radical (unpaired) electrons. The molecule has 0 spiro atoms. The van der Waals surface area contributed by atoms with Crippen molar-refractivity contribution in [3.05, 3.63) is 64.7 Å². The molecule has 28 heavy (non-hydrogen) atoms. The number of para-hydroxylation sites is 1. The third kappa shape index (κ3) is 4.80. The maximum Gasteiger partial charge on any atom is 0.227 e. The molecular formula is C24H30N2O2. The van der Waals surface area contributed by atoms with E-state index in [0.29, 0.717) is 19.5 Å². The van der Waals surface area contributed by atoms with Gasteiger partial charge in [-0.05, 0) is 49.8 Å². The van der Waals surface area contributed by atoms with Crippen LogP contribution in [0.5, 0.6) is 0 Å². The van der Waals surface area contributed by atoms with Gasteiger partial charge in [0.15, 0.2) is 0 Å². The summed E-state index contributed by atoms with van der Waals surface area (Å²) in [5.41, 5.74) is 5.45. The third-order valence-electron chi connectivity index (χ3n) is 5.68. The highest BCUT2D eigenvalue weighted by atomic mass is 16.2. The first-order valence-electron chi connectivity index (χ1n) is 10.2. The van der Waals surface area contributed by atoms with E-state index < -0.39 is 0 Å². The zero-order chi connectivity index (χ0) is 20.1. The number of anilines is 1. The Morgan fingerprint density at radius 2 is 1.71 bits per heavy atom. The molecule has 0 atom stereocenters. The molecule has 1 fully saturated rings. The average molecular weight is 379 g/mol. The SMILES string of the molecule is CCc1cccc(C)c1NC(=O)C1CCN(C(=O)Cc2ccc(C)cc2)CC1. The fourth-order valence-corrected chi connectivity index (χ4v) is 3.81. The number of hydrogen-bond donors (Lipinski definition) is 1. The summed E-state index contributed by atoms with van der Waals surface area (Å²) in [7, 11) is 0. The van der Waals surface area contributed by atoms with E-state index in [1.165, 1.54) is 11.1 Å². The van der Waals surface area contributed by atoms with Crippen molar-refractivity contribution in [2.45, 2.75) is 46.5 Å². The molecule has 2 amide bonds. The van der Waals surface area contributed by atoms with Crippen LogP contribution < -0.4 is 5.32 Å². The molecule has 0 unspecified atom stereocenters. The van der Waals surface area contributed by atoms with Gasteiger partial charge in [-0.15, -0.1) is 0 Å². The number of likely N-dealkylation sites (tertiary alicyclic amines) is 1. The number of nitrogens with zero attached hydrogens (tertiary/aromatic N) is 1. The number of hydrogen-bond acceptors (Lipinski definition) is 2. The molecule has 3 rings (SSSR count). The largest absolute Gasteiger partial charge is 0.342 e. The molecule has 1 aliphatic heterocycles. The van der Waals surface area contributed by atoms with E-state index in [1.807, 2.05) is 55.1 Å². The molecule has 1 heterocycles. The van der Waals surface area contributed by atoms with Crippen LogP contribution >= 0.6 is 0 Å². The van der Waals surface area contributed by atoms with Crippen molar-refractivity contribution < 1.29 is 9.59 Å². The summed E-state index contributed by atoms with van der Waals surface area (Å²) in [6, 6.07) is 14.2. The van der Waals surface area contributed by atoms with Crippen LogP contribution in [-0.2, 0) is 22.4 Å². The van der Waals surface area contributed by atoms with E-state index in [-0.39, 0.29) is 17.7 Å². The average Bonchev–Trinajstić information content (AvgIpc) is 2.71. The Bertz CT molecular complexity index is 834. The van der Waals surface area contributed by atoms with Gasteiger partial charge in [0.25, 0.3) is 0 Å². The van der Waals surface area contributed by atoms with Crippen LogP contribution in [0, 0.1) is 19.8 Å². The molecule has 4 nitrogen and oxygen atoms in total. The summed E-state index contributed by atoms with van der Waals surface area (Å²) < 4.78 is 0. The van der Waals surface area contributed by atoms with Crippen molar-refractivity contribution in [1.29, 1.82) is 0 Å². The first kappa shape index (κ1) is 20.1. The van der Waals surface area contributed by atoms with E-state index >= 15 is 0 Å². The van der Waals surface area contributed by atoms with Gasteiger partial charge >= 0.3 is 0 Å². The van der Waals surface area contributed by atoms with Crippen LogP contribution in [0.25, 0.3) is 0 Å². The summed E-state index contributed by atoms with van der Waals surface area (Å²) in [5.74, 6) is 0.192. The van der Waals surface area contributed by atoms with Crippen LogP contribution in [0.15, 0.2) is 42.5 Å². The van der Waals surface area contributed by atoms with Crippen LogP contribution in [0.3, 0.4) is 0 Å². The minimum Gasteiger partial charge on any atom is -0.342 e. The van der Waals surface area contributed by atoms with Crippen molar-refractivity contribution in [1.82, 2.24) is 4.90 Å². The molecule has 148 valence electrons. The molecule has 4 heteroatoms. The normalized spacial score (nSPS) is 14.8. The van der Waals surface area contributed by atoms with Gasteiger partial charge < -0.3 is 10.2 Å². The third-order valence-corrected chi connectivity index (χ3v) is 5.68. The molecule has 2 aromatic carbocycles. The van der Waals surface area contributed by atoms with Gasteiger partial charge in [0, 0.05) is 24.7 Å². The zero-order valence-corrected chi connectivity index (χ0v) is 17.1. The Morgan fingerprint density at radius 1 is 1.04 bits per heavy atom. The van der Waals surface area contributed by atoms with Crippen molar-refractivity contribution in [3.8, 4) is 0 Å². The molecule has 1 saturated heterocycles. The van der Waals surface area contributed by atoms with Crippen molar-refractivity contribution in [2.24, 2.45) is 5.92 Å². The minimum atomic E-state index is -0.0345.